The van der Waals surface area contributed by atoms with E-state index in [-0.39, 0.29) is 17.7 Å². The quantitative estimate of drug-likeness (QED) is 0.696. The van der Waals surface area contributed by atoms with Gasteiger partial charge in [0.1, 0.15) is 0 Å². The summed E-state index contributed by atoms with van der Waals surface area (Å²) in [5.74, 6) is -1.63. The first-order chi connectivity index (χ1) is 9.99. The minimum atomic E-state index is -0.866. The average Bonchev–Trinajstić information content (AvgIpc) is 2.94. The van der Waals surface area contributed by atoms with Crippen LogP contribution in [0.25, 0.3) is 0 Å². The maximum absolute atomic E-state index is 12.5. The van der Waals surface area contributed by atoms with Crippen LogP contribution in [0.5, 0.6) is 0 Å². The van der Waals surface area contributed by atoms with E-state index in [4.69, 9.17) is 5.73 Å². The molecule has 0 spiro atoms. The van der Waals surface area contributed by atoms with Crippen molar-refractivity contribution >= 4 is 17.9 Å². The van der Waals surface area contributed by atoms with Crippen molar-refractivity contribution in [3.8, 4) is 0 Å². The largest absolute Gasteiger partial charge is 0.481 e. The number of nitrogens with two attached hydrogens (primary N) is 1. The Hall–Kier alpha value is -1.79. The number of hydrogen-bond acceptors (Lipinski definition) is 3. The predicted molar refractivity (Wildman–Crippen MR) is 75.4 cm³/mol. The summed E-state index contributed by atoms with van der Waals surface area (Å²) in [6.07, 6.45) is 3.87. The van der Waals surface area contributed by atoms with Crippen molar-refractivity contribution in [2.75, 3.05) is 19.6 Å². The number of carbonyl (C=O) groups excluding carboxylic acids is 2. The van der Waals surface area contributed by atoms with Gasteiger partial charge in [-0.15, -0.1) is 0 Å². The molecule has 2 rings (SSSR count). The molecule has 2 fully saturated rings. The van der Waals surface area contributed by atoms with E-state index in [1.54, 1.807) is 4.90 Å². The standard InChI is InChI=1S/C14H23N3O4/c15-14(21)16-7-9-3-2-6-17(8-9)12(18)10-4-1-5-11(10)13(19)20/h9-11H,1-8H2,(H,19,20)(H3,15,16,21). The summed E-state index contributed by atoms with van der Waals surface area (Å²) >= 11 is 0. The molecule has 1 aliphatic carbocycles. The molecule has 7 heteroatoms. The number of carbonyl (C=O) groups is 3. The molecule has 2 aliphatic rings. The average molecular weight is 297 g/mol. The van der Waals surface area contributed by atoms with Crippen LogP contribution in [0.2, 0.25) is 0 Å². The highest BCUT2D eigenvalue weighted by atomic mass is 16.4. The molecule has 0 aromatic heterocycles. The lowest BCUT2D eigenvalue weighted by molar-refractivity contribution is -0.149. The summed E-state index contributed by atoms with van der Waals surface area (Å²) in [5.41, 5.74) is 5.06. The number of aliphatic carboxylic acids is 1. The zero-order chi connectivity index (χ0) is 15.4. The topological polar surface area (TPSA) is 113 Å². The van der Waals surface area contributed by atoms with Gasteiger partial charge in [-0.2, -0.15) is 0 Å². The van der Waals surface area contributed by atoms with Crippen molar-refractivity contribution in [3.63, 3.8) is 0 Å². The number of urea groups is 1. The van der Waals surface area contributed by atoms with Gasteiger partial charge in [-0.3, -0.25) is 9.59 Å². The number of nitrogens with zero attached hydrogens (tertiary/aromatic N) is 1. The normalized spacial score (nSPS) is 29.1. The lowest BCUT2D eigenvalue weighted by Crippen LogP contribution is -2.47. The number of carboxylic acid groups (broad SMARTS) is 1. The fourth-order valence-corrected chi connectivity index (χ4v) is 3.46. The third-order valence-electron chi connectivity index (χ3n) is 4.55. The summed E-state index contributed by atoms with van der Waals surface area (Å²) in [7, 11) is 0. The summed E-state index contributed by atoms with van der Waals surface area (Å²) in [5, 5.41) is 11.8. The highest BCUT2D eigenvalue weighted by Gasteiger charge is 2.40. The van der Waals surface area contributed by atoms with Gasteiger partial charge < -0.3 is 21.1 Å². The van der Waals surface area contributed by atoms with Crippen molar-refractivity contribution in [2.24, 2.45) is 23.5 Å². The Morgan fingerprint density at radius 2 is 1.86 bits per heavy atom. The van der Waals surface area contributed by atoms with E-state index in [2.05, 4.69) is 5.32 Å². The molecule has 3 atom stereocenters. The molecule has 0 bridgehead atoms. The zero-order valence-electron chi connectivity index (χ0n) is 12.1. The van der Waals surface area contributed by atoms with E-state index in [9.17, 15) is 19.5 Å². The zero-order valence-corrected chi connectivity index (χ0v) is 12.1. The number of hydrogen-bond donors (Lipinski definition) is 3. The Morgan fingerprint density at radius 3 is 2.52 bits per heavy atom. The monoisotopic (exact) mass is 297 g/mol. The fourth-order valence-electron chi connectivity index (χ4n) is 3.46. The molecule has 3 unspecified atom stereocenters. The van der Waals surface area contributed by atoms with Crippen LogP contribution < -0.4 is 11.1 Å². The predicted octanol–water partition coefficient (Wildman–Crippen LogP) is 0.394. The van der Waals surface area contributed by atoms with Crippen molar-refractivity contribution in [1.82, 2.24) is 10.2 Å². The minimum Gasteiger partial charge on any atom is -0.481 e. The maximum atomic E-state index is 12.5. The first kappa shape index (κ1) is 15.6. The van der Waals surface area contributed by atoms with Gasteiger partial charge in [0.05, 0.1) is 11.8 Å². The van der Waals surface area contributed by atoms with Crippen LogP contribution in [0.4, 0.5) is 4.79 Å². The smallest absolute Gasteiger partial charge is 0.312 e. The molecule has 21 heavy (non-hydrogen) atoms. The van der Waals surface area contributed by atoms with Gasteiger partial charge in [0.25, 0.3) is 0 Å². The Balaban J connectivity index is 1.92. The highest BCUT2D eigenvalue weighted by Crippen LogP contribution is 2.34. The van der Waals surface area contributed by atoms with Crippen LogP contribution in [0, 0.1) is 17.8 Å². The number of likely N-dealkylation sites (tertiary alicyclic amines) is 1. The van der Waals surface area contributed by atoms with E-state index < -0.39 is 17.9 Å². The van der Waals surface area contributed by atoms with Crippen molar-refractivity contribution < 1.29 is 19.5 Å². The van der Waals surface area contributed by atoms with Crippen molar-refractivity contribution in [2.45, 2.75) is 32.1 Å². The van der Waals surface area contributed by atoms with Crippen LogP contribution >= 0.6 is 0 Å². The van der Waals surface area contributed by atoms with Crippen LogP contribution in [0.3, 0.4) is 0 Å². The van der Waals surface area contributed by atoms with Gasteiger partial charge in [0.2, 0.25) is 5.91 Å². The minimum absolute atomic E-state index is 0.0383. The Morgan fingerprint density at radius 1 is 1.14 bits per heavy atom. The molecular weight excluding hydrogens is 274 g/mol. The molecule has 1 saturated heterocycles. The first-order valence-corrected chi connectivity index (χ1v) is 7.54. The van der Waals surface area contributed by atoms with Crippen LogP contribution in [0.15, 0.2) is 0 Å². The van der Waals surface area contributed by atoms with Gasteiger partial charge in [0, 0.05) is 19.6 Å². The van der Waals surface area contributed by atoms with Crippen LogP contribution in [-0.4, -0.2) is 47.5 Å². The number of nitrogens with one attached hydrogen (secondary N) is 1. The second-order valence-electron chi connectivity index (χ2n) is 6.02. The molecule has 1 aliphatic heterocycles. The van der Waals surface area contributed by atoms with E-state index in [1.807, 2.05) is 0 Å². The van der Waals surface area contributed by atoms with Crippen molar-refractivity contribution in [1.29, 1.82) is 0 Å². The molecular formula is C14H23N3O4. The number of amides is 3. The SMILES string of the molecule is NC(=O)NCC1CCCN(C(=O)C2CCCC2C(=O)O)C1. The van der Waals surface area contributed by atoms with Gasteiger partial charge in [-0.25, -0.2) is 4.79 Å². The lowest BCUT2D eigenvalue weighted by atomic mass is 9.92. The third kappa shape index (κ3) is 3.86. The van der Waals surface area contributed by atoms with Crippen LogP contribution in [-0.2, 0) is 9.59 Å². The summed E-state index contributed by atoms with van der Waals surface area (Å²) in [6, 6.07) is -0.555. The summed E-state index contributed by atoms with van der Waals surface area (Å²) in [4.78, 5) is 36.3. The summed E-state index contributed by atoms with van der Waals surface area (Å²) < 4.78 is 0. The van der Waals surface area contributed by atoms with E-state index >= 15 is 0 Å². The molecule has 1 saturated carbocycles. The molecule has 0 aromatic rings. The molecule has 7 nitrogen and oxygen atoms in total. The van der Waals surface area contributed by atoms with E-state index in [0.717, 1.165) is 19.3 Å². The second-order valence-corrected chi connectivity index (χ2v) is 6.02. The number of primary amides is 1. The molecule has 118 valence electrons. The van der Waals surface area contributed by atoms with Gasteiger partial charge in [-0.05, 0) is 31.6 Å². The Bertz CT molecular complexity index is 426. The molecule has 4 N–H and O–H groups in total. The van der Waals surface area contributed by atoms with E-state index in [0.29, 0.717) is 32.5 Å². The lowest BCUT2D eigenvalue weighted by Gasteiger charge is -2.35. The maximum Gasteiger partial charge on any atom is 0.312 e. The van der Waals surface area contributed by atoms with Gasteiger partial charge in [-0.1, -0.05) is 6.42 Å². The number of rotatable bonds is 4. The Labute approximate surface area is 123 Å². The van der Waals surface area contributed by atoms with Gasteiger partial charge in [0.15, 0.2) is 0 Å². The van der Waals surface area contributed by atoms with E-state index in [1.165, 1.54) is 0 Å². The second kappa shape index (κ2) is 6.78. The Kier molecular flexibility index (Phi) is 5.03. The van der Waals surface area contributed by atoms with Crippen LogP contribution in [0.1, 0.15) is 32.1 Å². The first-order valence-electron chi connectivity index (χ1n) is 7.54. The molecule has 0 radical (unpaired) electrons. The highest BCUT2D eigenvalue weighted by molar-refractivity contribution is 5.85. The van der Waals surface area contributed by atoms with Gasteiger partial charge >= 0.3 is 12.0 Å². The number of piperidine rings is 1. The van der Waals surface area contributed by atoms with Crippen molar-refractivity contribution in [3.05, 3.63) is 0 Å². The molecule has 3 amide bonds. The number of carboxylic acids is 1. The molecule has 1 heterocycles. The fraction of sp³-hybridized carbons (Fsp3) is 0.786. The third-order valence-corrected chi connectivity index (χ3v) is 4.55. The summed E-state index contributed by atoms with van der Waals surface area (Å²) in [6.45, 7) is 1.71. The molecule has 0 aromatic carbocycles.